The standard InChI is InChI=1S/C14H22O3S/c1-5-12(15)10-18(16,17)13-8-6-11(7-9-13)14(2,3)4/h6-9,12,15H,5,10H2,1-4H3. The molecule has 18 heavy (non-hydrogen) atoms. The van der Waals surface area contributed by atoms with E-state index < -0.39 is 15.9 Å². The second-order valence-corrected chi connectivity index (χ2v) is 7.65. The fraction of sp³-hybridized carbons (Fsp3) is 0.571. The van der Waals surface area contributed by atoms with Crippen molar-refractivity contribution in [3.63, 3.8) is 0 Å². The highest BCUT2D eigenvalue weighted by molar-refractivity contribution is 7.91. The Morgan fingerprint density at radius 1 is 1.17 bits per heavy atom. The molecule has 0 saturated carbocycles. The summed E-state index contributed by atoms with van der Waals surface area (Å²) >= 11 is 0. The molecule has 1 aromatic rings. The monoisotopic (exact) mass is 270 g/mol. The van der Waals surface area contributed by atoms with Gasteiger partial charge in [-0.1, -0.05) is 39.8 Å². The first-order chi connectivity index (χ1) is 8.16. The predicted octanol–water partition coefficient (Wildman–Crippen LogP) is 2.53. The fourth-order valence-corrected chi connectivity index (χ4v) is 3.12. The maximum Gasteiger partial charge on any atom is 0.180 e. The number of hydrogen-bond donors (Lipinski definition) is 1. The van der Waals surface area contributed by atoms with E-state index in [0.29, 0.717) is 6.42 Å². The number of aliphatic hydroxyl groups excluding tert-OH is 1. The molecule has 0 aliphatic rings. The molecular formula is C14H22O3S. The van der Waals surface area contributed by atoms with Crippen LogP contribution in [0.15, 0.2) is 29.2 Å². The molecule has 0 spiro atoms. The van der Waals surface area contributed by atoms with E-state index in [1.165, 1.54) is 0 Å². The van der Waals surface area contributed by atoms with Gasteiger partial charge in [0.2, 0.25) is 0 Å². The molecule has 0 fully saturated rings. The molecule has 0 heterocycles. The average Bonchev–Trinajstić information content (AvgIpc) is 2.27. The van der Waals surface area contributed by atoms with Gasteiger partial charge in [0.05, 0.1) is 16.8 Å². The zero-order valence-electron chi connectivity index (χ0n) is 11.5. The van der Waals surface area contributed by atoms with Crippen molar-refractivity contribution in [3.8, 4) is 0 Å². The van der Waals surface area contributed by atoms with Crippen LogP contribution in [-0.4, -0.2) is 25.4 Å². The first kappa shape index (κ1) is 15.2. The Balaban J connectivity index is 2.98. The first-order valence-electron chi connectivity index (χ1n) is 6.18. The molecule has 1 atom stereocenters. The summed E-state index contributed by atoms with van der Waals surface area (Å²) in [5.41, 5.74) is 1.10. The minimum Gasteiger partial charge on any atom is -0.392 e. The molecule has 3 nitrogen and oxygen atoms in total. The number of hydrogen-bond acceptors (Lipinski definition) is 3. The summed E-state index contributed by atoms with van der Waals surface area (Å²) in [6.07, 6.45) is -0.350. The lowest BCUT2D eigenvalue weighted by molar-refractivity contribution is 0.193. The van der Waals surface area contributed by atoms with Crippen LogP contribution in [-0.2, 0) is 15.3 Å². The zero-order chi connectivity index (χ0) is 14.0. The molecule has 4 heteroatoms. The average molecular weight is 270 g/mol. The molecule has 0 aliphatic heterocycles. The van der Waals surface area contributed by atoms with Gasteiger partial charge in [-0.15, -0.1) is 0 Å². The Hall–Kier alpha value is -0.870. The van der Waals surface area contributed by atoms with Crippen LogP contribution >= 0.6 is 0 Å². The molecular weight excluding hydrogens is 248 g/mol. The lowest BCUT2D eigenvalue weighted by Crippen LogP contribution is -2.20. The van der Waals surface area contributed by atoms with E-state index in [0.717, 1.165) is 5.56 Å². The summed E-state index contributed by atoms with van der Waals surface area (Å²) in [5, 5.41) is 9.46. The van der Waals surface area contributed by atoms with Gasteiger partial charge >= 0.3 is 0 Å². The first-order valence-corrected chi connectivity index (χ1v) is 7.83. The molecule has 0 aliphatic carbocycles. The van der Waals surface area contributed by atoms with Gasteiger partial charge in [0.1, 0.15) is 0 Å². The lowest BCUT2D eigenvalue weighted by Gasteiger charge is -2.19. The normalized spacial score (nSPS) is 14.5. The van der Waals surface area contributed by atoms with Gasteiger partial charge in [0, 0.05) is 0 Å². The van der Waals surface area contributed by atoms with Gasteiger partial charge in [-0.3, -0.25) is 0 Å². The quantitative estimate of drug-likeness (QED) is 0.914. The summed E-state index contributed by atoms with van der Waals surface area (Å²) in [5.74, 6) is -0.210. The smallest absolute Gasteiger partial charge is 0.180 e. The van der Waals surface area contributed by atoms with E-state index in [1.807, 2.05) is 12.1 Å². The third kappa shape index (κ3) is 3.82. The Kier molecular flexibility index (Phi) is 4.56. The third-order valence-electron chi connectivity index (χ3n) is 2.96. The second kappa shape index (κ2) is 5.41. The largest absolute Gasteiger partial charge is 0.392 e. The molecule has 1 aromatic carbocycles. The molecule has 102 valence electrons. The summed E-state index contributed by atoms with van der Waals surface area (Å²) in [6, 6.07) is 6.92. The van der Waals surface area contributed by atoms with E-state index in [1.54, 1.807) is 19.1 Å². The van der Waals surface area contributed by atoms with Crippen molar-refractivity contribution in [1.82, 2.24) is 0 Å². The molecule has 1 N–H and O–H groups in total. The van der Waals surface area contributed by atoms with Gasteiger partial charge in [-0.25, -0.2) is 8.42 Å². The number of benzene rings is 1. The maximum atomic E-state index is 12.0. The van der Waals surface area contributed by atoms with E-state index >= 15 is 0 Å². The van der Waals surface area contributed by atoms with Crippen LogP contribution in [0.2, 0.25) is 0 Å². The lowest BCUT2D eigenvalue weighted by atomic mass is 9.87. The van der Waals surface area contributed by atoms with Gasteiger partial charge in [0.25, 0.3) is 0 Å². The molecule has 1 unspecified atom stereocenters. The van der Waals surface area contributed by atoms with Crippen molar-refractivity contribution in [2.45, 2.75) is 50.5 Å². The summed E-state index contributed by atoms with van der Waals surface area (Å²) < 4.78 is 24.0. The van der Waals surface area contributed by atoms with Crippen molar-refractivity contribution >= 4 is 9.84 Å². The number of aliphatic hydroxyl groups is 1. The van der Waals surface area contributed by atoms with Gasteiger partial charge in [-0.05, 0) is 29.5 Å². The minimum absolute atomic E-state index is 0.00518. The predicted molar refractivity (Wildman–Crippen MR) is 73.5 cm³/mol. The topological polar surface area (TPSA) is 54.4 Å². The van der Waals surface area contributed by atoms with Gasteiger partial charge in [-0.2, -0.15) is 0 Å². The molecule has 0 radical (unpaired) electrons. The summed E-state index contributed by atoms with van der Waals surface area (Å²) in [7, 11) is -3.38. The van der Waals surface area contributed by atoms with Crippen molar-refractivity contribution in [2.24, 2.45) is 0 Å². The third-order valence-corrected chi connectivity index (χ3v) is 4.78. The second-order valence-electron chi connectivity index (χ2n) is 5.62. The number of sulfone groups is 1. The van der Waals surface area contributed by atoms with Crippen molar-refractivity contribution in [2.75, 3.05) is 5.75 Å². The fourth-order valence-electron chi connectivity index (χ4n) is 1.63. The Bertz CT molecular complexity index is 481. The molecule has 0 saturated heterocycles. The van der Waals surface area contributed by atoms with Crippen LogP contribution in [0.25, 0.3) is 0 Å². The molecule has 0 amide bonds. The maximum absolute atomic E-state index is 12.0. The summed E-state index contributed by atoms with van der Waals surface area (Å²) in [4.78, 5) is 0.281. The van der Waals surface area contributed by atoms with Crippen LogP contribution in [0.4, 0.5) is 0 Å². The van der Waals surface area contributed by atoms with Crippen LogP contribution in [0.3, 0.4) is 0 Å². The van der Waals surface area contributed by atoms with Crippen molar-refractivity contribution in [3.05, 3.63) is 29.8 Å². The van der Waals surface area contributed by atoms with E-state index in [4.69, 9.17) is 0 Å². The Morgan fingerprint density at radius 3 is 2.06 bits per heavy atom. The molecule has 1 rings (SSSR count). The highest BCUT2D eigenvalue weighted by atomic mass is 32.2. The van der Waals surface area contributed by atoms with Gasteiger partial charge in [0.15, 0.2) is 9.84 Å². The van der Waals surface area contributed by atoms with Crippen LogP contribution in [0.5, 0.6) is 0 Å². The van der Waals surface area contributed by atoms with Crippen LogP contribution in [0.1, 0.15) is 39.7 Å². The van der Waals surface area contributed by atoms with E-state index in [9.17, 15) is 13.5 Å². The van der Waals surface area contributed by atoms with E-state index in [-0.39, 0.29) is 16.1 Å². The molecule has 0 aromatic heterocycles. The minimum atomic E-state index is -3.38. The SMILES string of the molecule is CCC(O)CS(=O)(=O)c1ccc(C(C)(C)C)cc1. The van der Waals surface area contributed by atoms with Crippen LogP contribution in [0, 0.1) is 0 Å². The highest BCUT2D eigenvalue weighted by Gasteiger charge is 2.20. The Labute approximate surface area is 110 Å². The van der Waals surface area contributed by atoms with E-state index in [2.05, 4.69) is 20.8 Å². The van der Waals surface area contributed by atoms with Gasteiger partial charge < -0.3 is 5.11 Å². The highest BCUT2D eigenvalue weighted by Crippen LogP contribution is 2.24. The van der Waals surface area contributed by atoms with Crippen LogP contribution < -0.4 is 0 Å². The van der Waals surface area contributed by atoms with Crippen molar-refractivity contribution < 1.29 is 13.5 Å². The van der Waals surface area contributed by atoms with Crippen molar-refractivity contribution in [1.29, 1.82) is 0 Å². The Morgan fingerprint density at radius 2 is 1.67 bits per heavy atom. The zero-order valence-corrected chi connectivity index (χ0v) is 12.3. The summed E-state index contributed by atoms with van der Waals surface area (Å²) in [6.45, 7) is 8.01. The number of rotatable bonds is 4. The molecule has 0 bridgehead atoms.